The number of benzene rings is 2. The highest BCUT2D eigenvalue weighted by Gasteiger charge is 2.32. The van der Waals surface area contributed by atoms with Gasteiger partial charge in [0.15, 0.2) is 0 Å². The molecule has 3 heterocycles. The second-order valence-corrected chi connectivity index (χ2v) is 11.2. The number of nitrogens with one attached hydrogen (secondary N) is 1. The lowest BCUT2D eigenvalue weighted by atomic mass is 10.0. The number of aromatic nitrogens is 2. The Bertz CT molecular complexity index is 1460. The summed E-state index contributed by atoms with van der Waals surface area (Å²) in [5.41, 5.74) is 4.41. The van der Waals surface area contributed by atoms with Crippen LogP contribution in [0.1, 0.15) is 46.2 Å². The highest BCUT2D eigenvalue weighted by atomic mass is 16.5. The van der Waals surface area contributed by atoms with Crippen molar-refractivity contribution < 1.29 is 28.9 Å². The lowest BCUT2D eigenvalue weighted by molar-refractivity contribution is -0.125. The van der Waals surface area contributed by atoms with E-state index in [1.165, 1.54) is 4.90 Å². The number of carbonyl (C=O) groups excluding carboxylic acids is 2. The number of piperidine rings is 1. The molecule has 2 aliphatic heterocycles. The number of likely N-dealkylation sites (tertiary alicyclic amines) is 1. The number of aliphatic hydroxyl groups excluding tert-OH is 1. The van der Waals surface area contributed by atoms with Crippen LogP contribution < -0.4 is 14.8 Å². The van der Waals surface area contributed by atoms with Crippen molar-refractivity contribution in [3.63, 3.8) is 0 Å². The van der Waals surface area contributed by atoms with E-state index < -0.39 is 0 Å². The van der Waals surface area contributed by atoms with Gasteiger partial charge in [0.25, 0.3) is 5.91 Å². The summed E-state index contributed by atoms with van der Waals surface area (Å²) in [6.07, 6.45) is 0.517. The van der Waals surface area contributed by atoms with Crippen molar-refractivity contribution in [2.75, 3.05) is 39.9 Å². The summed E-state index contributed by atoms with van der Waals surface area (Å²) in [6, 6.07) is 12.5. The summed E-state index contributed by atoms with van der Waals surface area (Å²) < 4.78 is 20.1. The Morgan fingerprint density at radius 1 is 1.14 bits per heavy atom. The largest absolute Gasteiger partial charge is 0.494 e. The average Bonchev–Trinajstić information content (AvgIpc) is 3.23. The predicted octanol–water partition coefficient (Wildman–Crippen LogP) is 3.04. The minimum atomic E-state index is -0.314. The minimum absolute atomic E-state index is 0.0311. The van der Waals surface area contributed by atoms with Crippen LogP contribution >= 0.6 is 0 Å². The van der Waals surface area contributed by atoms with Crippen molar-refractivity contribution in [2.24, 2.45) is 0 Å². The van der Waals surface area contributed by atoms with Crippen LogP contribution in [0, 0.1) is 13.8 Å². The van der Waals surface area contributed by atoms with Crippen molar-refractivity contribution in [1.29, 1.82) is 0 Å². The molecule has 1 fully saturated rings. The monoisotopic (exact) mass is 591 g/mol. The molecule has 11 nitrogen and oxygen atoms in total. The molecular formula is C32H41N5O6. The molecule has 0 saturated carbocycles. The average molecular weight is 592 g/mol. The third-order valence-corrected chi connectivity index (χ3v) is 7.97. The number of amides is 2. The molecule has 5 rings (SSSR count). The molecule has 2 N–H and O–H groups in total. The summed E-state index contributed by atoms with van der Waals surface area (Å²) in [5, 5.41) is 17.2. The zero-order chi connectivity index (χ0) is 30.5. The number of carbonyl (C=O) groups is 2. The number of fused-ring (bicyclic) bond motifs is 5. The fraction of sp³-hybridized carbons (Fsp3) is 0.469. The molecule has 3 aromatic rings. The third-order valence-electron chi connectivity index (χ3n) is 7.97. The number of aryl methyl sites for hydroxylation is 1. The van der Waals surface area contributed by atoms with Crippen LogP contribution in [0.25, 0.3) is 0 Å². The second kappa shape index (κ2) is 13.6. The summed E-state index contributed by atoms with van der Waals surface area (Å²) in [5.74, 6) is 1.04. The zero-order valence-corrected chi connectivity index (χ0v) is 25.3. The van der Waals surface area contributed by atoms with Crippen LogP contribution in [0.3, 0.4) is 0 Å². The van der Waals surface area contributed by atoms with Crippen molar-refractivity contribution in [3.8, 4) is 17.2 Å². The first-order chi connectivity index (χ1) is 20.7. The normalized spacial score (nSPS) is 19.9. The van der Waals surface area contributed by atoms with E-state index in [-0.39, 0.29) is 37.1 Å². The number of aliphatic hydroxyl groups is 1. The molecule has 2 atom stereocenters. The Kier molecular flexibility index (Phi) is 9.64. The SMILES string of the molecule is CCOc1cc2cc(c1)C(=O)N(C)CC(=O)N[C@H]1CN(Cc3c(C)nn(CCO)c3C)CC[C@H]1OCc1cccc(c1)O2. The van der Waals surface area contributed by atoms with Gasteiger partial charge in [-0.2, -0.15) is 5.10 Å². The van der Waals surface area contributed by atoms with Crippen molar-refractivity contribution >= 4 is 11.8 Å². The lowest BCUT2D eigenvalue weighted by Gasteiger charge is -2.39. The number of hydrogen-bond acceptors (Lipinski definition) is 8. The van der Waals surface area contributed by atoms with Gasteiger partial charge in [0.2, 0.25) is 5.91 Å². The van der Waals surface area contributed by atoms with Crippen molar-refractivity contribution in [1.82, 2.24) is 24.9 Å². The molecule has 0 unspecified atom stereocenters. The molecular weight excluding hydrogens is 550 g/mol. The molecule has 0 aliphatic carbocycles. The highest BCUT2D eigenvalue weighted by Crippen LogP contribution is 2.29. The molecule has 0 radical (unpaired) electrons. The van der Waals surface area contributed by atoms with E-state index >= 15 is 0 Å². The van der Waals surface area contributed by atoms with Crippen LogP contribution in [0.15, 0.2) is 42.5 Å². The molecule has 1 aromatic heterocycles. The molecule has 4 bridgehead atoms. The van der Waals surface area contributed by atoms with Gasteiger partial charge < -0.3 is 29.5 Å². The van der Waals surface area contributed by atoms with Gasteiger partial charge in [0.1, 0.15) is 17.2 Å². The Morgan fingerprint density at radius 3 is 2.77 bits per heavy atom. The molecule has 11 heteroatoms. The molecule has 230 valence electrons. The summed E-state index contributed by atoms with van der Waals surface area (Å²) in [6.45, 7) is 9.11. The molecule has 1 saturated heterocycles. The molecule has 2 aromatic carbocycles. The van der Waals surface area contributed by atoms with Crippen LogP contribution in [-0.2, 0) is 29.2 Å². The van der Waals surface area contributed by atoms with Gasteiger partial charge in [-0.05, 0) is 57.0 Å². The molecule has 0 spiro atoms. The van der Waals surface area contributed by atoms with E-state index in [0.29, 0.717) is 55.7 Å². The van der Waals surface area contributed by atoms with Gasteiger partial charge in [-0.15, -0.1) is 0 Å². The number of likely N-dealkylation sites (N-methyl/N-ethyl adjacent to an activating group) is 1. The first-order valence-electron chi connectivity index (χ1n) is 14.8. The quantitative estimate of drug-likeness (QED) is 0.449. The van der Waals surface area contributed by atoms with E-state index in [1.54, 1.807) is 25.2 Å². The van der Waals surface area contributed by atoms with E-state index in [4.69, 9.17) is 14.2 Å². The van der Waals surface area contributed by atoms with Crippen LogP contribution in [0.2, 0.25) is 0 Å². The van der Waals surface area contributed by atoms with Gasteiger partial charge in [-0.25, -0.2) is 0 Å². The van der Waals surface area contributed by atoms with E-state index in [1.807, 2.05) is 49.7 Å². The fourth-order valence-electron chi connectivity index (χ4n) is 5.78. The topological polar surface area (TPSA) is 118 Å². The smallest absolute Gasteiger partial charge is 0.254 e. The molecule has 43 heavy (non-hydrogen) atoms. The Labute approximate surface area is 252 Å². The molecule has 2 aliphatic rings. The zero-order valence-electron chi connectivity index (χ0n) is 25.3. The van der Waals surface area contributed by atoms with Crippen molar-refractivity contribution in [2.45, 2.75) is 59.0 Å². The maximum absolute atomic E-state index is 13.4. The Balaban J connectivity index is 1.39. The first kappa shape index (κ1) is 30.5. The maximum Gasteiger partial charge on any atom is 0.254 e. The Morgan fingerprint density at radius 2 is 1.98 bits per heavy atom. The number of nitrogens with zero attached hydrogens (tertiary/aromatic N) is 4. The Hall–Kier alpha value is -3.93. The summed E-state index contributed by atoms with van der Waals surface area (Å²) in [7, 11) is 1.61. The van der Waals surface area contributed by atoms with Crippen molar-refractivity contribution in [3.05, 3.63) is 70.5 Å². The number of ether oxygens (including phenoxy) is 3. The van der Waals surface area contributed by atoms with E-state index in [2.05, 4.69) is 15.3 Å². The fourth-order valence-corrected chi connectivity index (χ4v) is 5.78. The second-order valence-electron chi connectivity index (χ2n) is 11.2. The van der Waals surface area contributed by atoms with Gasteiger partial charge in [-0.1, -0.05) is 12.1 Å². The highest BCUT2D eigenvalue weighted by molar-refractivity contribution is 5.97. The van der Waals surface area contributed by atoms with E-state index in [0.717, 1.165) is 35.5 Å². The maximum atomic E-state index is 13.4. The first-order valence-corrected chi connectivity index (χ1v) is 14.8. The number of rotatable bonds is 6. The van der Waals surface area contributed by atoms with Gasteiger partial charge in [0, 0.05) is 49.6 Å². The summed E-state index contributed by atoms with van der Waals surface area (Å²) in [4.78, 5) is 30.4. The standard InChI is InChI=1S/C32H41N5O6/c1-5-41-26-14-24-15-27(16-26)43-25-8-6-7-23(13-25)20-42-30-9-10-36(17-28-21(2)34-37(11-12-38)22(28)3)18-29(30)33-31(39)19-35(4)32(24)40/h6-8,13-16,29-30,38H,5,9-12,17-20H2,1-4H3,(H,33,39)/t29-,30+/m0/s1. The van der Waals surface area contributed by atoms with Gasteiger partial charge >= 0.3 is 0 Å². The van der Waals surface area contributed by atoms with Crippen LogP contribution in [0.4, 0.5) is 0 Å². The van der Waals surface area contributed by atoms with Gasteiger partial charge in [0.05, 0.1) is 50.7 Å². The molecule has 2 amide bonds. The summed E-state index contributed by atoms with van der Waals surface area (Å²) >= 11 is 0. The number of hydrogen-bond donors (Lipinski definition) is 2. The lowest BCUT2D eigenvalue weighted by Crippen LogP contribution is -2.57. The van der Waals surface area contributed by atoms with E-state index in [9.17, 15) is 14.7 Å². The van der Waals surface area contributed by atoms with Gasteiger partial charge in [-0.3, -0.25) is 19.2 Å². The minimum Gasteiger partial charge on any atom is -0.494 e. The van der Waals surface area contributed by atoms with Crippen LogP contribution in [-0.4, -0.2) is 88.5 Å². The third kappa shape index (κ3) is 7.35. The van der Waals surface area contributed by atoms with Crippen LogP contribution in [0.5, 0.6) is 17.2 Å². The predicted molar refractivity (Wildman–Crippen MR) is 160 cm³/mol.